The standard InChI is InChI=1S/C8H11ClN2O/c1-8(10,5-12)6-2-7(9)4-11-3-6/h2-4,12H,5,10H2,1H3/t8-/m0/s1. The minimum absolute atomic E-state index is 0.130. The predicted octanol–water partition coefficient (Wildman–Crippen LogP) is 0.901. The van der Waals surface area contributed by atoms with Gasteiger partial charge < -0.3 is 10.8 Å². The Bertz CT molecular complexity index is 276. The maximum Gasteiger partial charge on any atom is 0.0651 e. The van der Waals surface area contributed by atoms with E-state index in [0.29, 0.717) is 5.02 Å². The second-order valence-corrected chi connectivity index (χ2v) is 3.40. The predicted molar refractivity (Wildman–Crippen MR) is 47.9 cm³/mol. The molecule has 0 saturated carbocycles. The molecule has 0 unspecified atom stereocenters. The Labute approximate surface area is 76.2 Å². The average Bonchev–Trinajstić information content (AvgIpc) is 2.05. The first-order chi connectivity index (χ1) is 5.56. The molecule has 1 aromatic heterocycles. The van der Waals surface area contributed by atoms with Crippen molar-refractivity contribution >= 4 is 11.6 Å². The molecule has 0 radical (unpaired) electrons. The normalized spacial score (nSPS) is 15.7. The summed E-state index contributed by atoms with van der Waals surface area (Å²) in [6.07, 6.45) is 3.13. The maximum absolute atomic E-state index is 8.94. The van der Waals surface area contributed by atoms with Crippen LogP contribution in [0.15, 0.2) is 18.5 Å². The van der Waals surface area contributed by atoms with E-state index in [1.165, 1.54) is 6.20 Å². The van der Waals surface area contributed by atoms with Gasteiger partial charge in [-0.1, -0.05) is 11.6 Å². The van der Waals surface area contributed by atoms with Crippen molar-refractivity contribution in [3.8, 4) is 0 Å². The molecule has 1 heterocycles. The van der Waals surface area contributed by atoms with E-state index in [4.69, 9.17) is 22.4 Å². The molecule has 66 valence electrons. The quantitative estimate of drug-likeness (QED) is 0.722. The molecule has 12 heavy (non-hydrogen) atoms. The van der Waals surface area contributed by atoms with Crippen molar-refractivity contribution in [3.05, 3.63) is 29.0 Å². The van der Waals surface area contributed by atoms with Crippen LogP contribution in [0.4, 0.5) is 0 Å². The fraction of sp³-hybridized carbons (Fsp3) is 0.375. The minimum atomic E-state index is -0.766. The Morgan fingerprint density at radius 1 is 1.67 bits per heavy atom. The number of halogens is 1. The van der Waals surface area contributed by atoms with Crippen molar-refractivity contribution in [1.29, 1.82) is 0 Å². The first-order valence-corrected chi connectivity index (χ1v) is 3.95. The van der Waals surface area contributed by atoms with Crippen molar-refractivity contribution < 1.29 is 5.11 Å². The molecule has 0 fully saturated rings. The Hall–Kier alpha value is -0.640. The zero-order valence-electron chi connectivity index (χ0n) is 6.79. The molecule has 0 aromatic carbocycles. The molecule has 0 amide bonds. The number of aromatic nitrogens is 1. The summed E-state index contributed by atoms with van der Waals surface area (Å²) in [7, 11) is 0. The second kappa shape index (κ2) is 3.39. The molecule has 3 nitrogen and oxygen atoms in total. The van der Waals surface area contributed by atoms with E-state index in [2.05, 4.69) is 4.98 Å². The van der Waals surface area contributed by atoms with Crippen LogP contribution in [0.2, 0.25) is 5.02 Å². The van der Waals surface area contributed by atoms with Crippen LogP contribution in [0.3, 0.4) is 0 Å². The van der Waals surface area contributed by atoms with Crippen LogP contribution in [0, 0.1) is 0 Å². The highest BCUT2D eigenvalue weighted by Crippen LogP contribution is 2.18. The van der Waals surface area contributed by atoms with E-state index in [1.54, 1.807) is 19.2 Å². The lowest BCUT2D eigenvalue weighted by Crippen LogP contribution is -2.36. The first-order valence-electron chi connectivity index (χ1n) is 3.57. The number of nitrogens with zero attached hydrogens (tertiary/aromatic N) is 1. The van der Waals surface area contributed by atoms with Crippen LogP contribution < -0.4 is 5.73 Å². The number of aliphatic hydroxyl groups is 1. The maximum atomic E-state index is 8.94. The summed E-state index contributed by atoms with van der Waals surface area (Å²) >= 11 is 5.71. The van der Waals surface area contributed by atoms with Crippen LogP contribution in [0.25, 0.3) is 0 Å². The largest absolute Gasteiger partial charge is 0.394 e. The number of rotatable bonds is 2. The monoisotopic (exact) mass is 186 g/mol. The number of hydrogen-bond acceptors (Lipinski definition) is 3. The summed E-state index contributed by atoms with van der Waals surface area (Å²) in [5.41, 5.74) is 5.73. The average molecular weight is 187 g/mol. The number of aliphatic hydroxyl groups excluding tert-OH is 1. The van der Waals surface area contributed by atoms with Crippen LogP contribution in [-0.2, 0) is 5.54 Å². The molecule has 1 rings (SSSR count). The van der Waals surface area contributed by atoms with Crippen molar-refractivity contribution in [1.82, 2.24) is 4.98 Å². The van der Waals surface area contributed by atoms with Crippen LogP contribution in [0.1, 0.15) is 12.5 Å². The molecule has 3 N–H and O–H groups in total. The summed E-state index contributed by atoms with van der Waals surface area (Å²) in [4.78, 5) is 3.88. The van der Waals surface area contributed by atoms with Crippen molar-refractivity contribution in [2.75, 3.05) is 6.61 Å². The van der Waals surface area contributed by atoms with Gasteiger partial charge in [-0.25, -0.2) is 0 Å². The van der Waals surface area contributed by atoms with E-state index >= 15 is 0 Å². The van der Waals surface area contributed by atoms with Crippen molar-refractivity contribution in [3.63, 3.8) is 0 Å². The second-order valence-electron chi connectivity index (χ2n) is 2.97. The third-order valence-electron chi connectivity index (χ3n) is 1.69. The smallest absolute Gasteiger partial charge is 0.0651 e. The third-order valence-corrected chi connectivity index (χ3v) is 1.90. The van der Waals surface area contributed by atoms with Gasteiger partial charge in [-0.15, -0.1) is 0 Å². The lowest BCUT2D eigenvalue weighted by Gasteiger charge is -2.21. The highest BCUT2D eigenvalue weighted by atomic mass is 35.5. The van der Waals surface area contributed by atoms with Gasteiger partial charge in [0.1, 0.15) is 0 Å². The summed E-state index contributed by atoms with van der Waals surface area (Å²) < 4.78 is 0. The van der Waals surface area contributed by atoms with E-state index in [0.717, 1.165) is 5.56 Å². The van der Waals surface area contributed by atoms with E-state index < -0.39 is 5.54 Å². The molecule has 0 aliphatic heterocycles. The van der Waals surface area contributed by atoms with Gasteiger partial charge in [0.05, 0.1) is 17.2 Å². The molecule has 4 heteroatoms. The molecular weight excluding hydrogens is 176 g/mol. The van der Waals surface area contributed by atoms with Crippen LogP contribution in [0.5, 0.6) is 0 Å². The number of pyridine rings is 1. The minimum Gasteiger partial charge on any atom is -0.394 e. The van der Waals surface area contributed by atoms with E-state index in [9.17, 15) is 0 Å². The lowest BCUT2D eigenvalue weighted by atomic mass is 9.96. The van der Waals surface area contributed by atoms with Gasteiger partial charge in [-0.05, 0) is 18.6 Å². The molecule has 0 aliphatic carbocycles. The fourth-order valence-electron chi connectivity index (χ4n) is 0.815. The highest BCUT2D eigenvalue weighted by Gasteiger charge is 2.20. The van der Waals surface area contributed by atoms with Gasteiger partial charge in [-0.2, -0.15) is 0 Å². The molecule has 1 atom stereocenters. The topological polar surface area (TPSA) is 59.1 Å². The van der Waals surface area contributed by atoms with Crippen LogP contribution in [-0.4, -0.2) is 16.7 Å². The third kappa shape index (κ3) is 1.94. The Balaban J connectivity index is 3.03. The molecular formula is C8H11ClN2O. The molecule has 0 saturated heterocycles. The van der Waals surface area contributed by atoms with Gasteiger partial charge in [0.25, 0.3) is 0 Å². The summed E-state index contributed by atoms with van der Waals surface area (Å²) in [6.45, 7) is 1.59. The van der Waals surface area contributed by atoms with Gasteiger partial charge in [-0.3, -0.25) is 4.98 Å². The summed E-state index contributed by atoms with van der Waals surface area (Å²) in [5, 5.41) is 9.47. The fourth-order valence-corrected chi connectivity index (χ4v) is 0.989. The number of hydrogen-bond donors (Lipinski definition) is 2. The first kappa shape index (κ1) is 9.45. The van der Waals surface area contributed by atoms with Gasteiger partial charge in [0.2, 0.25) is 0 Å². The Morgan fingerprint density at radius 2 is 2.33 bits per heavy atom. The van der Waals surface area contributed by atoms with Gasteiger partial charge >= 0.3 is 0 Å². The van der Waals surface area contributed by atoms with Crippen LogP contribution >= 0.6 is 11.6 Å². The Kier molecular flexibility index (Phi) is 2.67. The zero-order valence-corrected chi connectivity index (χ0v) is 7.54. The Morgan fingerprint density at radius 3 is 2.83 bits per heavy atom. The SMILES string of the molecule is C[C@](N)(CO)c1cncc(Cl)c1. The zero-order chi connectivity index (χ0) is 9.19. The molecule has 1 aromatic rings. The summed E-state index contributed by atoms with van der Waals surface area (Å²) in [5.74, 6) is 0. The van der Waals surface area contributed by atoms with E-state index in [1.807, 2.05) is 0 Å². The summed E-state index contributed by atoms with van der Waals surface area (Å²) in [6, 6.07) is 1.70. The molecule has 0 aliphatic rings. The van der Waals surface area contributed by atoms with E-state index in [-0.39, 0.29) is 6.61 Å². The molecule has 0 spiro atoms. The lowest BCUT2D eigenvalue weighted by molar-refractivity contribution is 0.210. The molecule has 0 bridgehead atoms. The van der Waals surface area contributed by atoms with Crippen molar-refractivity contribution in [2.45, 2.75) is 12.5 Å². The van der Waals surface area contributed by atoms with Gasteiger partial charge in [0, 0.05) is 12.4 Å². The van der Waals surface area contributed by atoms with Crippen molar-refractivity contribution in [2.24, 2.45) is 5.73 Å². The highest BCUT2D eigenvalue weighted by molar-refractivity contribution is 6.30. The van der Waals surface area contributed by atoms with Gasteiger partial charge in [0.15, 0.2) is 0 Å². The number of nitrogens with two attached hydrogens (primary N) is 1.